The molecule has 0 radical (unpaired) electrons. The van der Waals surface area contributed by atoms with Crippen LogP contribution in [0.15, 0.2) is 54.6 Å². The molecule has 0 saturated carbocycles. The van der Waals surface area contributed by atoms with Crippen molar-refractivity contribution in [1.82, 2.24) is 10.4 Å². The van der Waals surface area contributed by atoms with E-state index in [1.165, 1.54) is 16.2 Å². The highest BCUT2D eigenvalue weighted by atomic mass is 32.1. The van der Waals surface area contributed by atoms with Crippen LogP contribution in [0.2, 0.25) is 0 Å². The molecule has 31 heavy (non-hydrogen) atoms. The van der Waals surface area contributed by atoms with Crippen molar-refractivity contribution in [3.05, 3.63) is 65.0 Å². The first-order valence-corrected chi connectivity index (χ1v) is 10.8. The quantitative estimate of drug-likeness (QED) is 0.311. The van der Waals surface area contributed by atoms with Gasteiger partial charge in [-0.25, -0.2) is 10.3 Å². The molecule has 0 saturated heterocycles. The zero-order valence-electron chi connectivity index (χ0n) is 17.8. The van der Waals surface area contributed by atoms with Gasteiger partial charge in [0, 0.05) is 22.5 Å². The van der Waals surface area contributed by atoms with Crippen molar-refractivity contribution in [1.29, 1.82) is 0 Å². The summed E-state index contributed by atoms with van der Waals surface area (Å²) in [7, 11) is 0. The standard InChI is InChI=1S/C23H27N3O4S/c1-23(2,3)26(22(28)29)18(11-15-7-5-4-6-8-15)14-24-17-10-9-16-12-20(21(27)25-30)31-19(16)13-17/h4-10,12-13,18,24,30H,11,14H2,1-3H3,(H,25,27)(H,28,29)/t18-/m0/s1. The highest BCUT2D eigenvalue weighted by molar-refractivity contribution is 7.20. The van der Waals surface area contributed by atoms with Crippen molar-refractivity contribution in [2.24, 2.45) is 0 Å². The number of fused-ring (bicyclic) bond motifs is 1. The van der Waals surface area contributed by atoms with Crippen LogP contribution in [-0.2, 0) is 6.42 Å². The first kappa shape index (κ1) is 22.6. The molecular weight excluding hydrogens is 414 g/mol. The van der Waals surface area contributed by atoms with Crippen LogP contribution in [0, 0.1) is 0 Å². The van der Waals surface area contributed by atoms with Crippen molar-refractivity contribution < 1.29 is 19.9 Å². The fourth-order valence-corrected chi connectivity index (χ4v) is 4.67. The number of amides is 2. The summed E-state index contributed by atoms with van der Waals surface area (Å²) in [6.45, 7) is 6.11. The lowest BCUT2D eigenvalue weighted by atomic mass is 9.98. The number of hydrogen-bond donors (Lipinski definition) is 4. The average molecular weight is 442 g/mol. The predicted molar refractivity (Wildman–Crippen MR) is 123 cm³/mol. The summed E-state index contributed by atoms with van der Waals surface area (Å²) in [5, 5.41) is 23.0. The predicted octanol–water partition coefficient (Wildman–Crippen LogP) is 4.82. The minimum atomic E-state index is -0.955. The molecule has 3 rings (SSSR count). The third-order valence-electron chi connectivity index (χ3n) is 5.00. The number of anilines is 1. The summed E-state index contributed by atoms with van der Waals surface area (Å²) < 4.78 is 0.897. The highest BCUT2D eigenvalue weighted by Gasteiger charge is 2.33. The van der Waals surface area contributed by atoms with E-state index in [1.807, 2.05) is 69.3 Å². The van der Waals surface area contributed by atoms with Crippen molar-refractivity contribution >= 4 is 39.1 Å². The Hall–Kier alpha value is -3.10. The second kappa shape index (κ2) is 9.36. The number of hydrogen-bond acceptors (Lipinski definition) is 5. The number of hydroxylamine groups is 1. The number of nitrogens with zero attached hydrogens (tertiary/aromatic N) is 1. The van der Waals surface area contributed by atoms with Crippen LogP contribution in [-0.4, -0.2) is 45.3 Å². The van der Waals surface area contributed by atoms with Gasteiger partial charge in [0.1, 0.15) is 0 Å². The van der Waals surface area contributed by atoms with E-state index < -0.39 is 17.5 Å². The fourth-order valence-electron chi connectivity index (χ4n) is 3.68. The maximum atomic E-state index is 12.1. The summed E-state index contributed by atoms with van der Waals surface area (Å²) in [5.74, 6) is -0.541. The second-order valence-corrected chi connectivity index (χ2v) is 9.44. The number of nitrogens with one attached hydrogen (secondary N) is 2. The summed E-state index contributed by atoms with van der Waals surface area (Å²) >= 11 is 1.28. The molecule has 0 bridgehead atoms. The van der Waals surface area contributed by atoms with Gasteiger partial charge in [0.15, 0.2) is 0 Å². The fraction of sp³-hybridized carbons (Fsp3) is 0.304. The zero-order chi connectivity index (χ0) is 22.6. The van der Waals surface area contributed by atoms with Crippen molar-refractivity contribution in [2.75, 3.05) is 11.9 Å². The Morgan fingerprint density at radius 2 is 1.81 bits per heavy atom. The Balaban J connectivity index is 1.83. The molecule has 7 nitrogen and oxygen atoms in total. The molecule has 0 spiro atoms. The third kappa shape index (κ3) is 5.53. The molecule has 0 aliphatic heterocycles. The molecule has 0 aliphatic carbocycles. The molecule has 0 aliphatic rings. The molecular formula is C23H27N3O4S. The van der Waals surface area contributed by atoms with Crippen LogP contribution in [0.1, 0.15) is 36.0 Å². The van der Waals surface area contributed by atoms with Crippen LogP contribution in [0.4, 0.5) is 10.5 Å². The molecule has 1 aromatic heterocycles. The van der Waals surface area contributed by atoms with E-state index in [0.717, 1.165) is 21.3 Å². The largest absolute Gasteiger partial charge is 0.465 e. The number of thiophene rings is 1. The van der Waals surface area contributed by atoms with Gasteiger partial charge in [-0.1, -0.05) is 36.4 Å². The molecule has 4 N–H and O–H groups in total. The van der Waals surface area contributed by atoms with E-state index in [0.29, 0.717) is 17.8 Å². The summed E-state index contributed by atoms with van der Waals surface area (Å²) in [6, 6.07) is 17.0. The van der Waals surface area contributed by atoms with E-state index in [1.54, 1.807) is 11.5 Å². The first-order valence-electron chi connectivity index (χ1n) is 9.97. The first-order chi connectivity index (χ1) is 14.7. The summed E-state index contributed by atoms with van der Waals surface area (Å²) in [4.78, 5) is 25.7. The maximum Gasteiger partial charge on any atom is 0.408 e. The molecule has 3 aromatic rings. The summed E-state index contributed by atoms with van der Waals surface area (Å²) in [5.41, 5.74) is 3.00. The van der Waals surface area contributed by atoms with Gasteiger partial charge in [-0.2, -0.15) is 0 Å². The van der Waals surface area contributed by atoms with Crippen LogP contribution in [0.5, 0.6) is 0 Å². The van der Waals surface area contributed by atoms with E-state index in [2.05, 4.69) is 5.32 Å². The molecule has 2 aromatic carbocycles. The SMILES string of the molecule is CC(C)(C)N(C(=O)O)[C@H](CNc1ccc2cc(C(=O)NO)sc2c1)Cc1ccccc1. The molecule has 164 valence electrons. The molecule has 2 amide bonds. The van der Waals surface area contributed by atoms with Crippen LogP contribution >= 0.6 is 11.3 Å². The van der Waals surface area contributed by atoms with E-state index in [9.17, 15) is 14.7 Å². The molecule has 8 heteroatoms. The molecule has 0 unspecified atom stereocenters. The van der Waals surface area contributed by atoms with Gasteiger partial charge in [-0.15, -0.1) is 11.3 Å². The van der Waals surface area contributed by atoms with Gasteiger partial charge in [-0.05, 0) is 56.3 Å². The van der Waals surface area contributed by atoms with Gasteiger partial charge in [0.05, 0.1) is 10.9 Å². The normalized spacial score (nSPS) is 12.4. The van der Waals surface area contributed by atoms with Gasteiger partial charge in [-0.3, -0.25) is 14.9 Å². The zero-order valence-corrected chi connectivity index (χ0v) is 18.6. The van der Waals surface area contributed by atoms with Gasteiger partial charge in [0.2, 0.25) is 0 Å². The van der Waals surface area contributed by atoms with Gasteiger partial charge < -0.3 is 10.4 Å². The summed E-state index contributed by atoms with van der Waals surface area (Å²) in [6.07, 6.45) is -0.372. The van der Waals surface area contributed by atoms with E-state index >= 15 is 0 Å². The Bertz CT molecular complexity index is 1060. The number of carbonyl (C=O) groups is 2. The number of benzene rings is 2. The van der Waals surface area contributed by atoms with E-state index in [-0.39, 0.29) is 6.04 Å². The third-order valence-corrected chi connectivity index (χ3v) is 6.09. The van der Waals surface area contributed by atoms with Crippen molar-refractivity contribution in [3.63, 3.8) is 0 Å². The lowest BCUT2D eigenvalue weighted by Gasteiger charge is -2.40. The molecule has 1 heterocycles. The number of carbonyl (C=O) groups excluding carboxylic acids is 1. The number of rotatable bonds is 7. The second-order valence-electron chi connectivity index (χ2n) is 8.35. The lowest BCUT2D eigenvalue weighted by molar-refractivity contribution is 0.0709. The van der Waals surface area contributed by atoms with Crippen LogP contribution in [0.3, 0.4) is 0 Å². The van der Waals surface area contributed by atoms with Gasteiger partial charge >= 0.3 is 6.09 Å². The Labute approximate surface area is 185 Å². The van der Waals surface area contributed by atoms with Crippen LogP contribution in [0.25, 0.3) is 10.1 Å². The van der Waals surface area contributed by atoms with E-state index in [4.69, 9.17) is 5.21 Å². The average Bonchev–Trinajstić information content (AvgIpc) is 3.14. The smallest absolute Gasteiger partial charge is 0.408 e. The molecule has 1 atom stereocenters. The topological polar surface area (TPSA) is 102 Å². The Morgan fingerprint density at radius 1 is 1.10 bits per heavy atom. The van der Waals surface area contributed by atoms with Crippen molar-refractivity contribution in [2.45, 2.75) is 38.8 Å². The minimum Gasteiger partial charge on any atom is -0.465 e. The lowest BCUT2D eigenvalue weighted by Crippen LogP contribution is -2.54. The molecule has 0 fully saturated rings. The Kier molecular flexibility index (Phi) is 6.82. The van der Waals surface area contributed by atoms with Crippen molar-refractivity contribution in [3.8, 4) is 0 Å². The minimum absolute atomic E-state index is 0.283. The Morgan fingerprint density at radius 3 is 2.42 bits per heavy atom. The van der Waals surface area contributed by atoms with Crippen LogP contribution < -0.4 is 10.8 Å². The highest BCUT2D eigenvalue weighted by Crippen LogP contribution is 2.29. The monoisotopic (exact) mass is 441 g/mol. The van der Waals surface area contributed by atoms with Gasteiger partial charge in [0.25, 0.3) is 5.91 Å². The number of carboxylic acid groups (broad SMARTS) is 1. The maximum absolute atomic E-state index is 12.1.